The van der Waals surface area contributed by atoms with Gasteiger partial charge in [-0.25, -0.2) is 10.8 Å². The van der Waals surface area contributed by atoms with Gasteiger partial charge < -0.3 is 16.5 Å². The Morgan fingerprint density at radius 3 is 2.67 bits per heavy atom. The molecule has 0 saturated carbocycles. The van der Waals surface area contributed by atoms with Crippen LogP contribution < -0.4 is 22.3 Å². The minimum absolute atomic E-state index is 0.129. The van der Waals surface area contributed by atoms with E-state index in [-0.39, 0.29) is 17.9 Å². The van der Waals surface area contributed by atoms with Gasteiger partial charge in [0, 0.05) is 13.0 Å². The summed E-state index contributed by atoms with van der Waals surface area (Å²) in [6.45, 7) is 0.432. The first-order valence-electron chi connectivity index (χ1n) is 5.18. The van der Waals surface area contributed by atoms with Crippen molar-refractivity contribution in [1.82, 2.24) is 4.98 Å². The number of hydrazine groups is 1. The fourth-order valence-corrected chi connectivity index (χ4v) is 1.27. The fraction of sp³-hybridized carbons (Fsp3) is 0.333. The highest BCUT2D eigenvalue weighted by molar-refractivity contribution is 5.73. The van der Waals surface area contributed by atoms with Crippen molar-refractivity contribution in [1.29, 1.82) is 0 Å². The standard InChI is InChI=1S/C9H14N6O3/c10-7(16)2-1-3-12-8-4-6(15(17)18)5-9(13-8)14-11/h4-5H,1-3,11H2,(H2,10,16)(H2,12,13,14). The van der Waals surface area contributed by atoms with Gasteiger partial charge in [-0.2, -0.15) is 0 Å². The molecule has 0 aromatic carbocycles. The molecule has 1 heterocycles. The summed E-state index contributed by atoms with van der Waals surface area (Å²) in [6, 6.07) is 2.50. The van der Waals surface area contributed by atoms with Crippen LogP contribution in [0.1, 0.15) is 12.8 Å². The van der Waals surface area contributed by atoms with Gasteiger partial charge in [-0.15, -0.1) is 0 Å². The van der Waals surface area contributed by atoms with Crippen molar-refractivity contribution in [2.45, 2.75) is 12.8 Å². The quantitative estimate of drug-likeness (QED) is 0.230. The molecule has 6 N–H and O–H groups in total. The Balaban J connectivity index is 2.66. The zero-order valence-corrected chi connectivity index (χ0v) is 9.55. The van der Waals surface area contributed by atoms with Crippen LogP contribution >= 0.6 is 0 Å². The number of primary amides is 1. The zero-order valence-electron chi connectivity index (χ0n) is 9.55. The summed E-state index contributed by atoms with van der Waals surface area (Å²) in [6.07, 6.45) is 0.759. The first-order chi connectivity index (χ1) is 8.52. The van der Waals surface area contributed by atoms with Crippen LogP contribution in [-0.4, -0.2) is 22.4 Å². The maximum Gasteiger partial charge on any atom is 0.276 e. The number of anilines is 2. The number of nitrogens with two attached hydrogens (primary N) is 2. The Morgan fingerprint density at radius 1 is 1.44 bits per heavy atom. The van der Waals surface area contributed by atoms with Crippen molar-refractivity contribution in [2.75, 3.05) is 17.3 Å². The molecule has 98 valence electrons. The maximum absolute atomic E-state index is 10.7. The predicted octanol–water partition coefficient (Wildman–Crippen LogP) is -0.0472. The van der Waals surface area contributed by atoms with Crippen molar-refractivity contribution in [3.63, 3.8) is 0 Å². The first kappa shape index (κ1) is 13.6. The number of hydrogen-bond acceptors (Lipinski definition) is 7. The van der Waals surface area contributed by atoms with Gasteiger partial charge in [0.05, 0.1) is 17.1 Å². The average Bonchev–Trinajstić information content (AvgIpc) is 2.34. The summed E-state index contributed by atoms with van der Waals surface area (Å²) >= 11 is 0. The topological polar surface area (TPSA) is 149 Å². The largest absolute Gasteiger partial charge is 0.370 e. The van der Waals surface area contributed by atoms with E-state index in [0.29, 0.717) is 18.8 Å². The lowest BCUT2D eigenvalue weighted by Gasteiger charge is -2.06. The summed E-state index contributed by atoms with van der Waals surface area (Å²) in [5, 5.41) is 13.5. The molecule has 9 nitrogen and oxygen atoms in total. The second kappa shape index (κ2) is 6.35. The average molecular weight is 254 g/mol. The molecule has 1 aromatic rings. The van der Waals surface area contributed by atoms with E-state index >= 15 is 0 Å². The van der Waals surface area contributed by atoms with Gasteiger partial charge in [0.1, 0.15) is 11.6 Å². The van der Waals surface area contributed by atoms with Gasteiger partial charge in [-0.05, 0) is 6.42 Å². The van der Waals surface area contributed by atoms with Gasteiger partial charge in [0.2, 0.25) is 5.91 Å². The third kappa shape index (κ3) is 4.22. The summed E-state index contributed by atoms with van der Waals surface area (Å²) in [5.41, 5.74) is 7.10. The van der Waals surface area contributed by atoms with Gasteiger partial charge in [0.25, 0.3) is 5.69 Å². The van der Waals surface area contributed by atoms with Crippen molar-refractivity contribution >= 4 is 23.2 Å². The van der Waals surface area contributed by atoms with E-state index in [4.69, 9.17) is 11.6 Å². The van der Waals surface area contributed by atoms with Gasteiger partial charge >= 0.3 is 0 Å². The number of carbonyl (C=O) groups excluding carboxylic acids is 1. The molecule has 0 spiro atoms. The Kier molecular flexibility index (Phi) is 4.81. The van der Waals surface area contributed by atoms with E-state index in [1.54, 1.807) is 0 Å². The number of nitro groups is 1. The molecular weight excluding hydrogens is 240 g/mol. The van der Waals surface area contributed by atoms with Crippen LogP contribution in [0.4, 0.5) is 17.3 Å². The summed E-state index contributed by atoms with van der Waals surface area (Å²) in [4.78, 5) is 24.6. The number of nitrogen functional groups attached to an aromatic ring is 1. The number of aromatic nitrogens is 1. The molecule has 0 fully saturated rings. The van der Waals surface area contributed by atoms with Crippen LogP contribution in [0.2, 0.25) is 0 Å². The van der Waals surface area contributed by atoms with Crippen molar-refractivity contribution in [3.05, 3.63) is 22.2 Å². The number of hydrogen-bond donors (Lipinski definition) is 4. The second-order valence-electron chi connectivity index (χ2n) is 3.49. The highest BCUT2D eigenvalue weighted by atomic mass is 16.6. The Bertz CT molecular complexity index is 450. The molecule has 1 amide bonds. The number of carbonyl (C=O) groups is 1. The minimum atomic E-state index is -0.545. The lowest BCUT2D eigenvalue weighted by molar-refractivity contribution is -0.384. The van der Waals surface area contributed by atoms with Gasteiger partial charge in [-0.3, -0.25) is 14.9 Å². The van der Waals surface area contributed by atoms with E-state index in [1.807, 2.05) is 0 Å². The molecule has 1 rings (SSSR count). The molecule has 0 aliphatic rings. The summed E-state index contributed by atoms with van der Waals surface area (Å²) < 4.78 is 0. The van der Waals surface area contributed by atoms with E-state index < -0.39 is 10.8 Å². The van der Waals surface area contributed by atoms with Crippen LogP contribution in [0.3, 0.4) is 0 Å². The van der Waals surface area contributed by atoms with E-state index in [0.717, 1.165) is 0 Å². The molecule has 0 saturated heterocycles. The molecule has 1 aromatic heterocycles. The molecule has 18 heavy (non-hydrogen) atoms. The number of pyridine rings is 1. The Morgan fingerprint density at radius 2 is 2.11 bits per heavy atom. The molecular formula is C9H14N6O3. The van der Waals surface area contributed by atoms with Crippen molar-refractivity contribution in [2.24, 2.45) is 11.6 Å². The maximum atomic E-state index is 10.7. The van der Waals surface area contributed by atoms with Crippen molar-refractivity contribution < 1.29 is 9.72 Å². The number of rotatable bonds is 7. The predicted molar refractivity (Wildman–Crippen MR) is 65.6 cm³/mol. The third-order valence-corrected chi connectivity index (χ3v) is 2.07. The lowest BCUT2D eigenvalue weighted by atomic mass is 10.3. The van der Waals surface area contributed by atoms with Gasteiger partial charge in [0.15, 0.2) is 0 Å². The molecule has 9 heteroatoms. The Hall–Kier alpha value is -2.42. The van der Waals surface area contributed by atoms with Crippen LogP contribution in [-0.2, 0) is 4.79 Å². The van der Waals surface area contributed by atoms with Crippen LogP contribution in [0.5, 0.6) is 0 Å². The van der Waals surface area contributed by atoms with Crippen LogP contribution in [0, 0.1) is 10.1 Å². The fourth-order valence-electron chi connectivity index (χ4n) is 1.27. The molecule has 0 aliphatic heterocycles. The highest BCUT2D eigenvalue weighted by Gasteiger charge is 2.10. The van der Waals surface area contributed by atoms with Gasteiger partial charge in [-0.1, -0.05) is 0 Å². The number of amides is 1. The van der Waals surface area contributed by atoms with Crippen LogP contribution in [0.25, 0.3) is 0 Å². The molecule has 0 aliphatic carbocycles. The lowest BCUT2D eigenvalue weighted by Crippen LogP contribution is -2.14. The van der Waals surface area contributed by atoms with Crippen LogP contribution in [0.15, 0.2) is 12.1 Å². The first-order valence-corrected chi connectivity index (χ1v) is 5.18. The zero-order chi connectivity index (χ0) is 13.5. The second-order valence-corrected chi connectivity index (χ2v) is 3.49. The molecule has 0 atom stereocenters. The highest BCUT2D eigenvalue weighted by Crippen LogP contribution is 2.19. The SMILES string of the molecule is NNc1cc([N+](=O)[O-])cc(NCCCC(N)=O)n1. The van der Waals surface area contributed by atoms with E-state index in [2.05, 4.69) is 15.7 Å². The monoisotopic (exact) mass is 254 g/mol. The molecule has 0 unspecified atom stereocenters. The smallest absolute Gasteiger partial charge is 0.276 e. The summed E-state index contributed by atoms with van der Waals surface area (Å²) in [5.74, 6) is 5.25. The number of nitrogens with one attached hydrogen (secondary N) is 2. The summed E-state index contributed by atoms with van der Waals surface area (Å²) in [7, 11) is 0. The van der Waals surface area contributed by atoms with E-state index in [1.165, 1.54) is 12.1 Å². The Labute approximate surface area is 103 Å². The third-order valence-electron chi connectivity index (χ3n) is 2.07. The van der Waals surface area contributed by atoms with Crippen molar-refractivity contribution in [3.8, 4) is 0 Å². The number of nitrogens with zero attached hydrogens (tertiary/aromatic N) is 2. The molecule has 0 bridgehead atoms. The van der Waals surface area contributed by atoms with E-state index in [9.17, 15) is 14.9 Å². The minimum Gasteiger partial charge on any atom is -0.370 e. The normalized spacial score (nSPS) is 9.83. The molecule has 0 radical (unpaired) electrons.